The summed E-state index contributed by atoms with van der Waals surface area (Å²) >= 11 is 3.07. The van der Waals surface area contributed by atoms with Crippen LogP contribution in [-0.2, 0) is 9.53 Å². The molecule has 0 radical (unpaired) electrons. The molecule has 1 aromatic carbocycles. The Morgan fingerprint density at radius 2 is 2.24 bits per heavy atom. The summed E-state index contributed by atoms with van der Waals surface area (Å²) in [7, 11) is 1.61. The largest absolute Gasteiger partial charge is 0.493 e. The third kappa shape index (κ3) is 5.33. The van der Waals surface area contributed by atoms with Crippen molar-refractivity contribution < 1.29 is 24.1 Å². The molecule has 1 aromatic rings. The van der Waals surface area contributed by atoms with Gasteiger partial charge in [-0.15, -0.1) is 23.5 Å². The van der Waals surface area contributed by atoms with Gasteiger partial charge in [0.05, 0.1) is 12.9 Å². The van der Waals surface area contributed by atoms with Crippen molar-refractivity contribution in [2.45, 2.75) is 11.5 Å². The van der Waals surface area contributed by atoms with Crippen molar-refractivity contribution in [1.82, 2.24) is 0 Å². The number of ether oxygens (including phenoxy) is 3. The fourth-order valence-corrected chi connectivity index (χ4v) is 3.92. The van der Waals surface area contributed by atoms with Crippen molar-refractivity contribution in [2.75, 3.05) is 31.0 Å². The molecule has 1 aliphatic heterocycles. The summed E-state index contributed by atoms with van der Waals surface area (Å²) in [5, 5.41) is 8.60. The summed E-state index contributed by atoms with van der Waals surface area (Å²) in [5.74, 6) is 2.27. The van der Waals surface area contributed by atoms with Crippen LogP contribution in [0.1, 0.15) is 0 Å². The lowest BCUT2D eigenvalue weighted by Gasteiger charge is -2.14. The third-order valence-corrected chi connectivity index (χ3v) is 5.20. The zero-order valence-corrected chi connectivity index (χ0v) is 13.3. The summed E-state index contributed by atoms with van der Waals surface area (Å²) in [5.41, 5.74) is 0.0422. The molecule has 0 bridgehead atoms. The van der Waals surface area contributed by atoms with Gasteiger partial charge < -0.3 is 19.3 Å². The number of carbonyl (C=O) groups is 1. The topological polar surface area (TPSA) is 65.0 Å². The van der Waals surface area contributed by atoms with Crippen molar-refractivity contribution in [1.29, 1.82) is 0 Å². The smallest absolute Gasteiger partial charge is 0.313 e. The van der Waals surface area contributed by atoms with Gasteiger partial charge in [-0.2, -0.15) is 0 Å². The molecular weight excluding hydrogens is 312 g/mol. The highest BCUT2D eigenvalue weighted by molar-refractivity contribution is 8.03. The fraction of sp³-hybridized carbons (Fsp3) is 0.500. The van der Waals surface area contributed by atoms with E-state index in [4.69, 9.17) is 19.3 Å². The number of para-hydroxylation sites is 2. The molecule has 0 amide bonds. The molecule has 116 valence electrons. The van der Waals surface area contributed by atoms with E-state index in [9.17, 15) is 4.79 Å². The van der Waals surface area contributed by atoms with E-state index >= 15 is 0 Å². The highest BCUT2D eigenvalue weighted by atomic mass is 32.2. The molecule has 21 heavy (non-hydrogen) atoms. The number of methoxy groups -OCH3 is 1. The Kier molecular flexibility index (Phi) is 6.53. The van der Waals surface area contributed by atoms with Gasteiger partial charge in [-0.25, -0.2) is 0 Å². The van der Waals surface area contributed by atoms with E-state index in [0.29, 0.717) is 23.9 Å². The van der Waals surface area contributed by atoms with Gasteiger partial charge in [0.1, 0.15) is 18.1 Å². The molecule has 0 saturated carbocycles. The minimum atomic E-state index is -0.793. The van der Waals surface area contributed by atoms with E-state index in [1.54, 1.807) is 18.9 Å². The van der Waals surface area contributed by atoms with E-state index < -0.39 is 5.97 Å². The molecule has 1 N–H and O–H groups in total. The van der Waals surface area contributed by atoms with Gasteiger partial charge >= 0.3 is 5.97 Å². The average Bonchev–Trinajstić information content (AvgIpc) is 2.93. The van der Waals surface area contributed by atoms with Crippen LogP contribution in [0.5, 0.6) is 11.5 Å². The summed E-state index contributed by atoms with van der Waals surface area (Å²) in [6.07, 6.45) is 0.0235. The molecule has 5 nitrogen and oxygen atoms in total. The summed E-state index contributed by atoms with van der Waals surface area (Å²) < 4.78 is 16.8. The monoisotopic (exact) mass is 330 g/mol. The van der Waals surface area contributed by atoms with Crippen LogP contribution in [-0.4, -0.2) is 53.6 Å². The second-order valence-corrected chi connectivity index (χ2v) is 6.61. The van der Waals surface area contributed by atoms with E-state index in [-0.39, 0.29) is 17.3 Å². The molecule has 1 heterocycles. The maximum atomic E-state index is 10.5. The van der Waals surface area contributed by atoms with Gasteiger partial charge in [0.15, 0.2) is 11.5 Å². The molecule has 1 fully saturated rings. The SMILES string of the molecule is COc1ccccc1OCC1CSC(CSCC(=O)O)O1. The van der Waals surface area contributed by atoms with Gasteiger partial charge in [0, 0.05) is 11.5 Å². The molecule has 1 aliphatic rings. The van der Waals surface area contributed by atoms with Crippen molar-refractivity contribution in [3.8, 4) is 11.5 Å². The minimum absolute atomic E-state index is 0.0235. The molecule has 0 aromatic heterocycles. The Hall–Kier alpha value is -1.05. The van der Waals surface area contributed by atoms with Crippen molar-refractivity contribution in [2.24, 2.45) is 0 Å². The Bertz CT molecular complexity index is 468. The molecule has 1 saturated heterocycles. The second kappa shape index (κ2) is 8.41. The van der Waals surface area contributed by atoms with Gasteiger partial charge in [0.2, 0.25) is 0 Å². The van der Waals surface area contributed by atoms with Crippen LogP contribution in [0.2, 0.25) is 0 Å². The number of hydrogen-bond donors (Lipinski definition) is 1. The zero-order valence-electron chi connectivity index (χ0n) is 11.7. The molecule has 2 rings (SSSR count). The Balaban J connectivity index is 1.71. The number of aliphatic carboxylic acids is 1. The Morgan fingerprint density at radius 1 is 1.48 bits per heavy atom. The normalized spacial score (nSPS) is 21.2. The average molecular weight is 330 g/mol. The number of benzene rings is 1. The van der Waals surface area contributed by atoms with Crippen LogP contribution in [0, 0.1) is 0 Å². The van der Waals surface area contributed by atoms with Crippen LogP contribution in [0.4, 0.5) is 0 Å². The van der Waals surface area contributed by atoms with Gasteiger partial charge in [0.25, 0.3) is 0 Å². The van der Waals surface area contributed by atoms with Gasteiger partial charge in [-0.3, -0.25) is 4.79 Å². The lowest BCUT2D eigenvalue weighted by Crippen LogP contribution is -2.22. The van der Waals surface area contributed by atoms with Gasteiger partial charge in [-0.05, 0) is 12.1 Å². The van der Waals surface area contributed by atoms with Crippen molar-refractivity contribution >= 4 is 29.5 Å². The Morgan fingerprint density at radius 3 is 2.95 bits per heavy atom. The maximum Gasteiger partial charge on any atom is 0.313 e. The van der Waals surface area contributed by atoms with E-state index in [1.807, 2.05) is 24.3 Å². The van der Waals surface area contributed by atoms with Gasteiger partial charge in [-0.1, -0.05) is 12.1 Å². The van der Waals surface area contributed by atoms with Crippen molar-refractivity contribution in [3.05, 3.63) is 24.3 Å². The number of carboxylic acids is 1. The van der Waals surface area contributed by atoms with Crippen molar-refractivity contribution in [3.63, 3.8) is 0 Å². The molecule has 0 spiro atoms. The van der Waals surface area contributed by atoms with Crippen LogP contribution in [0.25, 0.3) is 0 Å². The molecule has 2 unspecified atom stereocenters. The summed E-state index contributed by atoms with van der Waals surface area (Å²) in [6, 6.07) is 7.50. The standard InChI is InChI=1S/C14H18O5S2/c1-17-11-4-2-3-5-12(11)18-6-10-7-21-14(19-10)9-20-8-13(15)16/h2-5,10,14H,6-9H2,1H3,(H,15,16). The van der Waals surface area contributed by atoms with Crippen LogP contribution >= 0.6 is 23.5 Å². The first-order valence-corrected chi connectivity index (χ1v) is 8.72. The van der Waals surface area contributed by atoms with E-state index in [1.165, 1.54) is 11.8 Å². The third-order valence-electron chi connectivity index (χ3n) is 2.79. The minimum Gasteiger partial charge on any atom is -0.493 e. The quantitative estimate of drug-likeness (QED) is 0.785. The van der Waals surface area contributed by atoms with Crippen LogP contribution < -0.4 is 9.47 Å². The number of carboxylic acid groups (broad SMARTS) is 1. The highest BCUT2D eigenvalue weighted by Crippen LogP contribution is 2.30. The van der Waals surface area contributed by atoms with E-state index in [2.05, 4.69) is 0 Å². The summed E-state index contributed by atoms with van der Waals surface area (Å²) in [6.45, 7) is 0.466. The lowest BCUT2D eigenvalue weighted by atomic mass is 10.3. The summed E-state index contributed by atoms with van der Waals surface area (Å²) in [4.78, 5) is 10.5. The second-order valence-electron chi connectivity index (χ2n) is 4.39. The first-order valence-electron chi connectivity index (χ1n) is 6.51. The molecule has 0 aliphatic carbocycles. The maximum absolute atomic E-state index is 10.5. The first-order chi connectivity index (χ1) is 10.2. The zero-order chi connectivity index (χ0) is 15.1. The predicted molar refractivity (Wildman–Crippen MR) is 84.6 cm³/mol. The first kappa shape index (κ1) is 16.3. The van der Waals surface area contributed by atoms with Crippen LogP contribution in [0.15, 0.2) is 24.3 Å². The molecular formula is C14H18O5S2. The number of hydrogen-bond acceptors (Lipinski definition) is 6. The van der Waals surface area contributed by atoms with Crippen LogP contribution in [0.3, 0.4) is 0 Å². The Labute approximate surface area is 132 Å². The molecule has 2 atom stereocenters. The lowest BCUT2D eigenvalue weighted by molar-refractivity contribution is -0.133. The predicted octanol–water partition coefficient (Wildman–Crippen LogP) is 2.35. The fourth-order valence-electron chi connectivity index (χ4n) is 1.85. The number of rotatable bonds is 8. The van der Waals surface area contributed by atoms with E-state index in [0.717, 1.165) is 5.75 Å². The number of thioether (sulfide) groups is 2. The highest BCUT2D eigenvalue weighted by Gasteiger charge is 2.26. The molecule has 7 heteroatoms.